The predicted octanol–water partition coefficient (Wildman–Crippen LogP) is 3.67. The topological polar surface area (TPSA) is 4.93 Å². The van der Waals surface area contributed by atoms with Crippen LogP contribution in [-0.2, 0) is 0 Å². The van der Waals surface area contributed by atoms with Crippen molar-refractivity contribution in [2.24, 2.45) is 0 Å². The van der Waals surface area contributed by atoms with E-state index < -0.39 is 0 Å². The summed E-state index contributed by atoms with van der Waals surface area (Å²) in [6.07, 6.45) is 0. The standard InChI is InChI=1S/C12H14FN/c1-8(2)14-9(3)6-10-7-11(13)4-5-12(10)14/h4-8H,1-3H3. The van der Waals surface area contributed by atoms with Crippen molar-refractivity contribution in [1.29, 1.82) is 0 Å². The molecule has 14 heavy (non-hydrogen) atoms. The average molecular weight is 191 g/mol. The van der Waals surface area contributed by atoms with Crippen molar-refractivity contribution in [1.82, 2.24) is 4.57 Å². The Kier molecular flexibility index (Phi) is 2.06. The maximum absolute atomic E-state index is 13.0. The molecular weight excluding hydrogens is 177 g/mol. The van der Waals surface area contributed by atoms with Gasteiger partial charge in [0.2, 0.25) is 0 Å². The predicted molar refractivity (Wildman–Crippen MR) is 57.0 cm³/mol. The van der Waals surface area contributed by atoms with E-state index in [-0.39, 0.29) is 5.82 Å². The lowest BCUT2D eigenvalue weighted by atomic mass is 10.2. The fourth-order valence-corrected chi connectivity index (χ4v) is 2.03. The Bertz CT molecular complexity index is 468. The molecule has 0 saturated carbocycles. The van der Waals surface area contributed by atoms with Gasteiger partial charge in [0.25, 0.3) is 0 Å². The number of fused-ring (bicyclic) bond motifs is 1. The molecule has 1 heterocycles. The minimum Gasteiger partial charge on any atom is -0.342 e. The number of nitrogens with zero attached hydrogens (tertiary/aromatic N) is 1. The first-order valence-corrected chi connectivity index (χ1v) is 4.86. The Hall–Kier alpha value is -1.31. The van der Waals surface area contributed by atoms with Crippen LogP contribution in [0.5, 0.6) is 0 Å². The molecule has 0 unspecified atom stereocenters. The Morgan fingerprint density at radius 2 is 1.93 bits per heavy atom. The molecule has 2 heteroatoms. The highest BCUT2D eigenvalue weighted by molar-refractivity contribution is 5.81. The van der Waals surface area contributed by atoms with Crippen LogP contribution >= 0.6 is 0 Å². The average Bonchev–Trinajstić information content (AvgIpc) is 2.39. The maximum atomic E-state index is 13.0. The van der Waals surface area contributed by atoms with Crippen molar-refractivity contribution in [3.05, 3.63) is 35.8 Å². The van der Waals surface area contributed by atoms with Gasteiger partial charge >= 0.3 is 0 Å². The fraction of sp³-hybridized carbons (Fsp3) is 0.333. The van der Waals surface area contributed by atoms with Gasteiger partial charge in [-0.2, -0.15) is 0 Å². The molecule has 0 atom stereocenters. The SMILES string of the molecule is Cc1cc2cc(F)ccc2n1C(C)C. The van der Waals surface area contributed by atoms with E-state index in [1.807, 2.05) is 12.1 Å². The molecule has 0 aliphatic rings. The summed E-state index contributed by atoms with van der Waals surface area (Å²) >= 11 is 0. The van der Waals surface area contributed by atoms with Gasteiger partial charge in [0.05, 0.1) is 0 Å². The minimum absolute atomic E-state index is 0.168. The zero-order valence-electron chi connectivity index (χ0n) is 8.71. The third-order valence-electron chi connectivity index (χ3n) is 2.51. The molecule has 0 N–H and O–H groups in total. The quantitative estimate of drug-likeness (QED) is 0.648. The lowest BCUT2D eigenvalue weighted by molar-refractivity contribution is 0.606. The Morgan fingerprint density at radius 3 is 2.57 bits per heavy atom. The summed E-state index contributed by atoms with van der Waals surface area (Å²) in [6.45, 7) is 6.32. The molecule has 0 bridgehead atoms. The lowest BCUT2D eigenvalue weighted by Crippen LogP contribution is -2.01. The second-order valence-corrected chi connectivity index (χ2v) is 3.95. The molecule has 1 nitrogen and oxygen atoms in total. The summed E-state index contributed by atoms with van der Waals surface area (Å²) in [5.41, 5.74) is 2.29. The number of hydrogen-bond acceptors (Lipinski definition) is 0. The smallest absolute Gasteiger partial charge is 0.123 e. The highest BCUT2D eigenvalue weighted by Gasteiger charge is 2.08. The van der Waals surface area contributed by atoms with E-state index in [4.69, 9.17) is 0 Å². The van der Waals surface area contributed by atoms with Crippen LogP contribution in [0, 0.1) is 12.7 Å². The van der Waals surface area contributed by atoms with Crippen LogP contribution in [-0.4, -0.2) is 4.57 Å². The van der Waals surface area contributed by atoms with E-state index >= 15 is 0 Å². The van der Waals surface area contributed by atoms with Gasteiger partial charge in [-0.05, 0) is 45.0 Å². The summed E-state index contributed by atoms with van der Waals surface area (Å²) in [5.74, 6) is -0.168. The van der Waals surface area contributed by atoms with Gasteiger partial charge in [-0.15, -0.1) is 0 Å². The first-order chi connectivity index (χ1) is 6.59. The van der Waals surface area contributed by atoms with Crippen molar-refractivity contribution >= 4 is 10.9 Å². The van der Waals surface area contributed by atoms with E-state index in [1.165, 1.54) is 11.8 Å². The van der Waals surface area contributed by atoms with Gasteiger partial charge in [0.15, 0.2) is 0 Å². The molecule has 1 aromatic heterocycles. The van der Waals surface area contributed by atoms with Crippen molar-refractivity contribution in [3.8, 4) is 0 Å². The van der Waals surface area contributed by atoms with Crippen molar-refractivity contribution in [2.45, 2.75) is 26.8 Å². The molecule has 0 aliphatic carbocycles. The molecule has 0 fully saturated rings. The van der Waals surface area contributed by atoms with Crippen molar-refractivity contribution in [2.75, 3.05) is 0 Å². The molecule has 1 aromatic carbocycles. The van der Waals surface area contributed by atoms with Crippen LogP contribution in [0.25, 0.3) is 10.9 Å². The van der Waals surface area contributed by atoms with Crippen LogP contribution < -0.4 is 0 Å². The van der Waals surface area contributed by atoms with Gasteiger partial charge in [0, 0.05) is 22.6 Å². The monoisotopic (exact) mass is 191 g/mol. The Labute approximate surface area is 83.2 Å². The summed E-state index contributed by atoms with van der Waals surface area (Å²) in [6, 6.07) is 7.38. The molecule has 74 valence electrons. The molecule has 0 saturated heterocycles. The summed E-state index contributed by atoms with van der Waals surface area (Å²) in [5, 5.41) is 0.983. The summed E-state index contributed by atoms with van der Waals surface area (Å²) in [7, 11) is 0. The molecular formula is C12H14FN. The first-order valence-electron chi connectivity index (χ1n) is 4.86. The fourth-order valence-electron chi connectivity index (χ4n) is 2.03. The molecule has 0 radical (unpaired) electrons. The normalized spacial score (nSPS) is 11.5. The third kappa shape index (κ3) is 1.31. The van der Waals surface area contributed by atoms with Gasteiger partial charge in [-0.25, -0.2) is 4.39 Å². The Balaban J connectivity index is 2.77. The largest absolute Gasteiger partial charge is 0.342 e. The maximum Gasteiger partial charge on any atom is 0.123 e. The lowest BCUT2D eigenvalue weighted by Gasteiger charge is -2.11. The first kappa shape index (κ1) is 9.25. The highest BCUT2D eigenvalue weighted by atomic mass is 19.1. The second kappa shape index (κ2) is 3.12. The number of aromatic nitrogens is 1. The molecule has 0 amide bonds. The second-order valence-electron chi connectivity index (χ2n) is 3.95. The molecule has 0 spiro atoms. The van der Waals surface area contributed by atoms with E-state index in [2.05, 4.69) is 25.3 Å². The molecule has 0 aliphatic heterocycles. The van der Waals surface area contributed by atoms with Gasteiger partial charge in [-0.3, -0.25) is 0 Å². The van der Waals surface area contributed by atoms with Gasteiger partial charge < -0.3 is 4.57 Å². The van der Waals surface area contributed by atoms with Gasteiger partial charge in [-0.1, -0.05) is 0 Å². The summed E-state index contributed by atoms with van der Waals surface area (Å²) in [4.78, 5) is 0. The number of rotatable bonds is 1. The van der Waals surface area contributed by atoms with E-state index in [0.717, 1.165) is 10.9 Å². The van der Waals surface area contributed by atoms with Gasteiger partial charge in [0.1, 0.15) is 5.82 Å². The van der Waals surface area contributed by atoms with Crippen LogP contribution in [0.2, 0.25) is 0 Å². The number of aryl methyl sites for hydroxylation is 1. The van der Waals surface area contributed by atoms with E-state index in [1.54, 1.807) is 6.07 Å². The zero-order valence-corrected chi connectivity index (χ0v) is 8.71. The molecule has 2 rings (SSSR count). The van der Waals surface area contributed by atoms with Crippen LogP contribution in [0.4, 0.5) is 4.39 Å². The zero-order chi connectivity index (χ0) is 10.3. The van der Waals surface area contributed by atoms with Crippen LogP contribution in [0.1, 0.15) is 25.6 Å². The van der Waals surface area contributed by atoms with Crippen molar-refractivity contribution in [3.63, 3.8) is 0 Å². The Morgan fingerprint density at radius 1 is 1.21 bits per heavy atom. The number of hydrogen-bond donors (Lipinski definition) is 0. The van der Waals surface area contributed by atoms with Crippen molar-refractivity contribution < 1.29 is 4.39 Å². The minimum atomic E-state index is -0.168. The number of benzene rings is 1. The van der Waals surface area contributed by atoms with E-state index in [0.29, 0.717) is 6.04 Å². The summed E-state index contributed by atoms with van der Waals surface area (Å²) < 4.78 is 15.2. The van der Waals surface area contributed by atoms with Crippen LogP contribution in [0.15, 0.2) is 24.3 Å². The highest BCUT2D eigenvalue weighted by Crippen LogP contribution is 2.24. The van der Waals surface area contributed by atoms with Crippen LogP contribution in [0.3, 0.4) is 0 Å². The van der Waals surface area contributed by atoms with E-state index in [9.17, 15) is 4.39 Å². The number of halogens is 1. The third-order valence-corrected chi connectivity index (χ3v) is 2.51. The molecule has 2 aromatic rings.